The van der Waals surface area contributed by atoms with Gasteiger partial charge in [-0.25, -0.2) is 0 Å². The molecule has 0 radical (unpaired) electrons. The molecular weight excluding hydrogens is 252 g/mol. The highest BCUT2D eigenvalue weighted by atomic mass is 16.2. The zero-order valence-electron chi connectivity index (χ0n) is 13.1. The standard InChI is InChI=1S/C16H28N2O2/c1-4-9-12(5-2)18-13(6-3)14(19)17-16(15(18)20)10-7-8-11-16/h12-13H,4-11H2,1-3H3,(H,17,19). The summed E-state index contributed by atoms with van der Waals surface area (Å²) in [6.45, 7) is 6.26. The van der Waals surface area contributed by atoms with E-state index in [0.717, 1.165) is 44.9 Å². The molecule has 2 rings (SSSR count). The Kier molecular flexibility index (Phi) is 4.71. The van der Waals surface area contributed by atoms with Crippen LogP contribution in [0.5, 0.6) is 0 Å². The lowest BCUT2D eigenvalue weighted by Crippen LogP contribution is -2.71. The van der Waals surface area contributed by atoms with Crippen molar-refractivity contribution in [3.63, 3.8) is 0 Å². The molecule has 0 aromatic carbocycles. The Balaban J connectivity index is 2.31. The quantitative estimate of drug-likeness (QED) is 0.841. The monoisotopic (exact) mass is 280 g/mol. The maximum absolute atomic E-state index is 13.1. The molecule has 1 heterocycles. The van der Waals surface area contributed by atoms with E-state index in [1.165, 1.54) is 0 Å². The fourth-order valence-corrected chi connectivity index (χ4v) is 3.88. The molecule has 1 saturated carbocycles. The minimum absolute atomic E-state index is 0.0588. The first kappa shape index (κ1) is 15.3. The summed E-state index contributed by atoms with van der Waals surface area (Å²) in [4.78, 5) is 27.5. The normalized spacial score (nSPS) is 26.9. The molecule has 2 amide bonds. The number of amides is 2. The fourth-order valence-electron chi connectivity index (χ4n) is 3.88. The maximum Gasteiger partial charge on any atom is 0.249 e. The number of piperazine rings is 1. The Morgan fingerprint density at radius 3 is 2.40 bits per heavy atom. The molecular formula is C16H28N2O2. The minimum Gasteiger partial charge on any atom is -0.340 e. The predicted molar refractivity (Wildman–Crippen MR) is 79.3 cm³/mol. The number of hydrogen-bond donors (Lipinski definition) is 1. The summed E-state index contributed by atoms with van der Waals surface area (Å²) in [5, 5.41) is 3.06. The van der Waals surface area contributed by atoms with Gasteiger partial charge in [0, 0.05) is 6.04 Å². The highest BCUT2D eigenvalue weighted by Gasteiger charge is 2.52. The Labute approximate surface area is 122 Å². The fraction of sp³-hybridized carbons (Fsp3) is 0.875. The molecule has 1 saturated heterocycles. The molecule has 20 heavy (non-hydrogen) atoms. The van der Waals surface area contributed by atoms with Gasteiger partial charge in [0.05, 0.1) is 0 Å². The van der Waals surface area contributed by atoms with Crippen molar-refractivity contribution in [3.8, 4) is 0 Å². The lowest BCUT2D eigenvalue weighted by molar-refractivity contribution is -0.158. The zero-order chi connectivity index (χ0) is 14.8. The van der Waals surface area contributed by atoms with Gasteiger partial charge in [-0.3, -0.25) is 9.59 Å². The van der Waals surface area contributed by atoms with E-state index >= 15 is 0 Å². The summed E-state index contributed by atoms with van der Waals surface area (Å²) < 4.78 is 0. The van der Waals surface area contributed by atoms with Gasteiger partial charge in [-0.2, -0.15) is 0 Å². The molecule has 1 aliphatic carbocycles. The van der Waals surface area contributed by atoms with Crippen LogP contribution in [-0.2, 0) is 9.59 Å². The van der Waals surface area contributed by atoms with Gasteiger partial charge in [0.2, 0.25) is 11.8 Å². The van der Waals surface area contributed by atoms with Gasteiger partial charge in [0.15, 0.2) is 0 Å². The van der Waals surface area contributed by atoms with E-state index in [0.29, 0.717) is 6.42 Å². The van der Waals surface area contributed by atoms with Gasteiger partial charge >= 0.3 is 0 Å². The van der Waals surface area contributed by atoms with E-state index < -0.39 is 5.54 Å². The largest absolute Gasteiger partial charge is 0.340 e. The number of rotatable bonds is 5. The van der Waals surface area contributed by atoms with Crippen LogP contribution in [0.1, 0.15) is 72.1 Å². The zero-order valence-corrected chi connectivity index (χ0v) is 13.1. The van der Waals surface area contributed by atoms with Gasteiger partial charge in [0.1, 0.15) is 11.6 Å². The van der Waals surface area contributed by atoms with Gasteiger partial charge in [-0.1, -0.05) is 40.0 Å². The van der Waals surface area contributed by atoms with E-state index in [-0.39, 0.29) is 23.9 Å². The van der Waals surface area contributed by atoms with Crippen molar-refractivity contribution in [3.05, 3.63) is 0 Å². The molecule has 0 bridgehead atoms. The molecule has 4 nitrogen and oxygen atoms in total. The second-order valence-corrected chi connectivity index (χ2v) is 6.27. The van der Waals surface area contributed by atoms with Gasteiger partial charge < -0.3 is 10.2 Å². The summed E-state index contributed by atoms with van der Waals surface area (Å²) in [6.07, 6.45) is 7.38. The average molecular weight is 280 g/mol. The molecule has 1 spiro atoms. The first-order valence-corrected chi connectivity index (χ1v) is 8.24. The molecule has 2 aliphatic rings. The van der Waals surface area contributed by atoms with Crippen molar-refractivity contribution in [1.29, 1.82) is 0 Å². The SMILES string of the molecule is CCCC(CC)N1C(=O)C2(CCCC2)NC(=O)C1CC. The number of nitrogens with one attached hydrogen (secondary N) is 1. The van der Waals surface area contributed by atoms with Crippen LogP contribution in [0, 0.1) is 0 Å². The van der Waals surface area contributed by atoms with Crippen LogP contribution in [-0.4, -0.2) is 34.3 Å². The summed E-state index contributed by atoms with van der Waals surface area (Å²) >= 11 is 0. The summed E-state index contributed by atoms with van der Waals surface area (Å²) in [5.41, 5.74) is -0.579. The van der Waals surface area contributed by atoms with Crippen LogP contribution < -0.4 is 5.32 Å². The third-order valence-electron chi connectivity index (χ3n) is 4.98. The van der Waals surface area contributed by atoms with Crippen LogP contribution >= 0.6 is 0 Å². The first-order valence-electron chi connectivity index (χ1n) is 8.24. The van der Waals surface area contributed by atoms with Crippen LogP contribution in [0.2, 0.25) is 0 Å². The van der Waals surface area contributed by atoms with Crippen molar-refractivity contribution in [1.82, 2.24) is 10.2 Å². The second kappa shape index (κ2) is 6.15. The molecule has 2 fully saturated rings. The predicted octanol–water partition coefficient (Wildman–Crippen LogP) is 2.61. The highest BCUT2D eigenvalue weighted by Crippen LogP contribution is 2.36. The van der Waals surface area contributed by atoms with Crippen molar-refractivity contribution >= 4 is 11.8 Å². The van der Waals surface area contributed by atoms with E-state index in [1.807, 2.05) is 11.8 Å². The number of carbonyl (C=O) groups excluding carboxylic acids is 2. The second-order valence-electron chi connectivity index (χ2n) is 6.27. The van der Waals surface area contributed by atoms with Crippen LogP contribution in [0.4, 0.5) is 0 Å². The van der Waals surface area contributed by atoms with Crippen molar-refractivity contribution < 1.29 is 9.59 Å². The van der Waals surface area contributed by atoms with E-state index in [4.69, 9.17) is 0 Å². The molecule has 4 heteroatoms. The summed E-state index contributed by atoms with van der Waals surface area (Å²) in [7, 11) is 0. The molecule has 2 atom stereocenters. The number of carbonyl (C=O) groups is 2. The Hall–Kier alpha value is -1.06. The maximum atomic E-state index is 13.1. The van der Waals surface area contributed by atoms with Gasteiger partial charge in [0.25, 0.3) is 0 Å². The van der Waals surface area contributed by atoms with E-state index in [1.54, 1.807) is 0 Å². The van der Waals surface area contributed by atoms with Gasteiger partial charge in [-0.15, -0.1) is 0 Å². The topological polar surface area (TPSA) is 49.4 Å². The highest BCUT2D eigenvalue weighted by molar-refractivity contribution is 6.00. The Morgan fingerprint density at radius 1 is 1.25 bits per heavy atom. The number of nitrogens with zero attached hydrogens (tertiary/aromatic N) is 1. The lowest BCUT2D eigenvalue weighted by atomic mass is 9.88. The molecule has 2 unspecified atom stereocenters. The average Bonchev–Trinajstić information content (AvgIpc) is 2.90. The summed E-state index contributed by atoms with van der Waals surface area (Å²) in [5.74, 6) is 0.241. The first-order chi connectivity index (χ1) is 9.59. The molecule has 0 aromatic rings. The van der Waals surface area contributed by atoms with Crippen LogP contribution in [0.25, 0.3) is 0 Å². The molecule has 1 N–H and O–H groups in total. The summed E-state index contributed by atoms with van der Waals surface area (Å²) in [6, 6.07) is -0.0637. The van der Waals surface area contributed by atoms with Crippen LogP contribution in [0.15, 0.2) is 0 Å². The van der Waals surface area contributed by atoms with Crippen molar-refractivity contribution in [2.75, 3.05) is 0 Å². The van der Waals surface area contributed by atoms with Crippen molar-refractivity contribution in [2.45, 2.75) is 89.8 Å². The number of hydrogen-bond acceptors (Lipinski definition) is 2. The minimum atomic E-state index is -0.579. The Bertz CT molecular complexity index is 375. The molecule has 1 aliphatic heterocycles. The third-order valence-corrected chi connectivity index (χ3v) is 4.98. The molecule has 0 aromatic heterocycles. The molecule has 114 valence electrons. The van der Waals surface area contributed by atoms with Crippen LogP contribution in [0.3, 0.4) is 0 Å². The lowest BCUT2D eigenvalue weighted by Gasteiger charge is -2.47. The van der Waals surface area contributed by atoms with Gasteiger partial charge in [-0.05, 0) is 32.1 Å². The smallest absolute Gasteiger partial charge is 0.249 e. The van der Waals surface area contributed by atoms with E-state index in [2.05, 4.69) is 19.2 Å². The third kappa shape index (κ3) is 2.45. The van der Waals surface area contributed by atoms with E-state index in [9.17, 15) is 9.59 Å². The Morgan fingerprint density at radius 2 is 1.90 bits per heavy atom. The van der Waals surface area contributed by atoms with Crippen molar-refractivity contribution in [2.24, 2.45) is 0 Å².